The molecule has 1 fully saturated rings. The average molecular weight is 414 g/mol. The van der Waals surface area contributed by atoms with E-state index in [0.717, 1.165) is 73.1 Å². The molecule has 6 heteroatoms. The number of anilines is 1. The first kappa shape index (κ1) is 19.7. The molecule has 31 heavy (non-hydrogen) atoms. The Hall–Kier alpha value is -3.22. The van der Waals surface area contributed by atoms with E-state index in [2.05, 4.69) is 75.9 Å². The van der Waals surface area contributed by atoms with E-state index in [1.165, 1.54) is 5.56 Å². The Kier molecular flexibility index (Phi) is 5.91. The molecule has 0 unspecified atom stereocenters. The molecule has 0 radical (unpaired) electrons. The zero-order valence-electron chi connectivity index (χ0n) is 17.6. The van der Waals surface area contributed by atoms with Crippen LogP contribution in [0.15, 0.2) is 66.9 Å². The lowest BCUT2D eigenvalue weighted by Crippen LogP contribution is -2.37. The molecule has 0 spiro atoms. The van der Waals surface area contributed by atoms with Gasteiger partial charge < -0.3 is 19.9 Å². The van der Waals surface area contributed by atoms with Crippen molar-refractivity contribution in [2.75, 3.05) is 37.7 Å². The van der Waals surface area contributed by atoms with Crippen LogP contribution < -0.4 is 10.2 Å². The smallest absolute Gasteiger partial charge is 0.162 e. The zero-order valence-corrected chi connectivity index (χ0v) is 17.6. The van der Waals surface area contributed by atoms with Crippen molar-refractivity contribution in [1.29, 1.82) is 0 Å². The van der Waals surface area contributed by atoms with Crippen LogP contribution in [0.1, 0.15) is 11.3 Å². The minimum atomic E-state index is 0.711. The normalized spacial score (nSPS) is 14.3. The van der Waals surface area contributed by atoms with Gasteiger partial charge in [0.25, 0.3) is 0 Å². The number of hydrogen-bond donors (Lipinski definition) is 2. The van der Waals surface area contributed by atoms with Crippen LogP contribution in [0, 0.1) is 0 Å². The molecule has 5 rings (SSSR count). The summed E-state index contributed by atoms with van der Waals surface area (Å²) in [7, 11) is 0. The lowest BCUT2D eigenvalue weighted by atomic mass is 10.1. The fourth-order valence-corrected chi connectivity index (χ4v) is 4.02. The standard InChI is InChI=1S/C25H27N5O/c1-2-5-19(6-3-1)9-11-26-18-20-17-24(30-13-15-31-16-14-30)29-25(28-20)22-7-4-8-23-21(22)10-12-27-23/h1-8,10,12,17,26-27H,9,11,13-16,18H2. The van der Waals surface area contributed by atoms with Crippen LogP contribution >= 0.6 is 0 Å². The van der Waals surface area contributed by atoms with Crippen molar-refractivity contribution in [2.24, 2.45) is 0 Å². The van der Waals surface area contributed by atoms with E-state index in [4.69, 9.17) is 14.7 Å². The number of fused-ring (bicyclic) bond motifs is 1. The van der Waals surface area contributed by atoms with Crippen molar-refractivity contribution in [1.82, 2.24) is 20.3 Å². The fourth-order valence-electron chi connectivity index (χ4n) is 4.02. The molecule has 158 valence electrons. The van der Waals surface area contributed by atoms with Crippen molar-refractivity contribution in [2.45, 2.75) is 13.0 Å². The number of H-pyrrole nitrogens is 1. The van der Waals surface area contributed by atoms with Crippen LogP contribution in [0.2, 0.25) is 0 Å². The minimum Gasteiger partial charge on any atom is -0.378 e. The maximum atomic E-state index is 5.53. The number of benzene rings is 2. The molecule has 1 aliphatic rings. The third kappa shape index (κ3) is 4.60. The summed E-state index contributed by atoms with van der Waals surface area (Å²) in [5, 5.41) is 4.69. The Morgan fingerprint density at radius 3 is 2.71 bits per heavy atom. The Morgan fingerprint density at radius 2 is 1.84 bits per heavy atom. The van der Waals surface area contributed by atoms with Crippen molar-refractivity contribution in [3.63, 3.8) is 0 Å². The summed E-state index contributed by atoms with van der Waals surface area (Å²) >= 11 is 0. The summed E-state index contributed by atoms with van der Waals surface area (Å²) in [4.78, 5) is 15.5. The van der Waals surface area contributed by atoms with Gasteiger partial charge in [0.2, 0.25) is 0 Å². The Labute approximate surface area is 182 Å². The van der Waals surface area contributed by atoms with E-state index in [0.29, 0.717) is 6.54 Å². The lowest BCUT2D eigenvalue weighted by Gasteiger charge is -2.28. The Morgan fingerprint density at radius 1 is 0.968 bits per heavy atom. The van der Waals surface area contributed by atoms with Crippen LogP contribution in [0.3, 0.4) is 0 Å². The summed E-state index contributed by atoms with van der Waals surface area (Å²) in [5.74, 6) is 1.75. The number of aromatic nitrogens is 3. The first-order valence-electron chi connectivity index (χ1n) is 10.9. The maximum Gasteiger partial charge on any atom is 0.162 e. The highest BCUT2D eigenvalue weighted by atomic mass is 16.5. The minimum absolute atomic E-state index is 0.711. The van der Waals surface area contributed by atoms with E-state index in [1.54, 1.807) is 0 Å². The van der Waals surface area contributed by atoms with Gasteiger partial charge >= 0.3 is 0 Å². The fraction of sp³-hybridized carbons (Fsp3) is 0.280. The number of ether oxygens (including phenoxy) is 1. The quantitative estimate of drug-likeness (QED) is 0.451. The SMILES string of the molecule is c1ccc(CCNCc2cc(N3CCOCC3)nc(-c3cccc4[nH]ccc34)n2)cc1. The van der Waals surface area contributed by atoms with Gasteiger partial charge in [0.1, 0.15) is 5.82 Å². The molecule has 2 N–H and O–H groups in total. The van der Waals surface area contributed by atoms with E-state index in [9.17, 15) is 0 Å². The molecule has 0 bridgehead atoms. The molecular weight excluding hydrogens is 386 g/mol. The van der Waals surface area contributed by atoms with Gasteiger partial charge in [0.05, 0.1) is 18.9 Å². The third-order valence-corrected chi connectivity index (χ3v) is 5.68. The van der Waals surface area contributed by atoms with Gasteiger partial charge in [-0.1, -0.05) is 42.5 Å². The van der Waals surface area contributed by atoms with Crippen LogP contribution in [0.25, 0.3) is 22.3 Å². The monoisotopic (exact) mass is 413 g/mol. The molecule has 2 aromatic carbocycles. The van der Waals surface area contributed by atoms with Crippen LogP contribution in [0.4, 0.5) is 5.82 Å². The molecule has 4 aromatic rings. The number of nitrogens with one attached hydrogen (secondary N) is 2. The van der Waals surface area contributed by atoms with Gasteiger partial charge in [-0.2, -0.15) is 0 Å². The third-order valence-electron chi connectivity index (χ3n) is 5.68. The number of morpholine rings is 1. The topological polar surface area (TPSA) is 66.1 Å². The zero-order chi connectivity index (χ0) is 20.9. The van der Waals surface area contributed by atoms with Crippen LogP contribution in [0.5, 0.6) is 0 Å². The molecule has 0 atom stereocenters. The molecular formula is C25H27N5O. The van der Waals surface area contributed by atoms with Gasteiger partial charge in [-0.25, -0.2) is 9.97 Å². The molecule has 2 aromatic heterocycles. The molecule has 0 aliphatic carbocycles. The summed E-state index contributed by atoms with van der Waals surface area (Å²) in [6, 6.07) is 21.0. The van der Waals surface area contributed by atoms with Crippen molar-refractivity contribution in [3.8, 4) is 11.4 Å². The maximum absolute atomic E-state index is 5.53. The summed E-state index contributed by atoms with van der Waals surface area (Å²) in [6.07, 6.45) is 2.96. The van der Waals surface area contributed by atoms with Crippen LogP contribution in [-0.4, -0.2) is 47.8 Å². The van der Waals surface area contributed by atoms with E-state index < -0.39 is 0 Å². The summed E-state index contributed by atoms with van der Waals surface area (Å²) in [6.45, 7) is 4.79. The number of hydrogen-bond acceptors (Lipinski definition) is 5. The Bertz CT molecular complexity index is 1140. The number of aromatic amines is 1. The molecule has 0 amide bonds. The first-order valence-corrected chi connectivity index (χ1v) is 10.9. The second-order valence-electron chi connectivity index (χ2n) is 7.80. The highest BCUT2D eigenvalue weighted by Crippen LogP contribution is 2.27. The molecule has 1 aliphatic heterocycles. The average Bonchev–Trinajstić information content (AvgIpc) is 3.32. The van der Waals surface area contributed by atoms with Crippen LogP contribution in [-0.2, 0) is 17.7 Å². The second-order valence-corrected chi connectivity index (χ2v) is 7.80. The summed E-state index contributed by atoms with van der Waals surface area (Å²) in [5.41, 5.74) is 4.50. The van der Waals surface area contributed by atoms with Gasteiger partial charge in [-0.3, -0.25) is 0 Å². The predicted molar refractivity (Wildman–Crippen MR) is 124 cm³/mol. The lowest BCUT2D eigenvalue weighted by molar-refractivity contribution is 0.122. The van der Waals surface area contributed by atoms with Crippen molar-refractivity contribution < 1.29 is 4.74 Å². The Balaban J connectivity index is 1.40. The highest BCUT2D eigenvalue weighted by Gasteiger charge is 2.17. The number of nitrogens with zero attached hydrogens (tertiary/aromatic N) is 3. The molecule has 0 saturated carbocycles. The molecule has 1 saturated heterocycles. The van der Waals surface area contributed by atoms with Gasteiger partial charge in [-0.15, -0.1) is 0 Å². The van der Waals surface area contributed by atoms with E-state index in [-0.39, 0.29) is 0 Å². The molecule has 6 nitrogen and oxygen atoms in total. The van der Waals surface area contributed by atoms with Gasteiger partial charge in [0, 0.05) is 48.4 Å². The second kappa shape index (κ2) is 9.29. The largest absolute Gasteiger partial charge is 0.378 e. The van der Waals surface area contributed by atoms with Gasteiger partial charge in [0.15, 0.2) is 5.82 Å². The van der Waals surface area contributed by atoms with E-state index >= 15 is 0 Å². The van der Waals surface area contributed by atoms with Gasteiger partial charge in [-0.05, 0) is 30.7 Å². The number of rotatable bonds is 7. The van der Waals surface area contributed by atoms with Crippen molar-refractivity contribution in [3.05, 3.63) is 78.1 Å². The predicted octanol–water partition coefficient (Wildman–Crippen LogP) is 3.79. The first-order chi connectivity index (χ1) is 15.4. The summed E-state index contributed by atoms with van der Waals surface area (Å²) < 4.78 is 5.53. The van der Waals surface area contributed by atoms with E-state index in [1.807, 2.05) is 6.20 Å². The highest BCUT2D eigenvalue weighted by molar-refractivity contribution is 5.93. The molecule has 3 heterocycles. The van der Waals surface area contributed by atoms with Crippen molar-refractivity contribution >= 4 is 16.7 Å².